The van der Waals surface area contributed by atoms with E-state index in [1.54, 1.807) is 6.20 Å². The highest BCUT2D eigenvalue weighted by atomic mass is 16.6. The lowest BCUT2D eigenvalue weighted by Crippen LogP contribution is -2.29. The first-order chi connectivity index (χ1) is 7.29. The Balaban J connectivity index is 1.96. The second kappa shape index (κ2) is 4.66. The molecule has 1 aromatic heterocycles. The van der Waals surface area contributed by atoms with Crippen LogP contribution in [0.1, 0.15) is 31.6 Å². The van der Waals surface area contributed by atoms with Gasteiger partial charge in [0, 0.05) is 5.92 Å². The standard InChI is InChI=1S/C11H18N2O2/c1-3-14-10-8-12-11(15-10)9-4-6-13(2)7-5-9/h8-9H,3-7H2,1-2H3. The van der Waals surface area contributed by atoms with Crippen LogP contribution in [0.25, 0.3) is 0 Å². The van der Waals surface area contributed by atoms with Crippen LogP contribution in [0.15, 0.2) is 10.6 Å². The Labute approximate surface area is 90.2 Å². The molecule has 1 aliphatic heterocycles. The smallest absolute Gasteiger partial charge is 0.305 e. The molecule has 0 aromatic carbocycles. The normalized spacial score (nSPS) is 19.3. The second-order valence-electron chi connectivity index (χ2n) is 4.03. The van der Waals surface area contributed by atoms with E-state index in [1.165, 1.54) is 0 Å². The van der Waals surface area contributed by atoms with Crippen molar-refractivity contribution >= 4 is 0 Å². The average molecular weight is 210 g/mol. The number of rotatable bonds is 3. The van der Waals surface area contributed by atoms with Gasteiger partial charge in [-0.05, 0) is 39.9 Å². The number of aromatic nitrogens is 1. The van der Waals surface area contributed by atoms with E-state index in [0.29, 0.717) is 18.5 Å². The Morgan fingerprint density at radius 2 is 2.27 bits per heavy atom. The van der Waals surface area contributed by atoms with Gasteiger partial charge in [0.1, 0.15) is 6.20 Å². The number of oxazole rings is 1. The molecule has 2 rings (SSSR count). The van der Waals surface area contributed by atoms with Gasteiger partial charge in [-0.15, -0.1) is 0 Å². The fourth-order valence-electron chi connectivity index (χ4n) is 1.93. The van der Waals surface area contributed by atoms with Gasteiger partial charge in [-0.3, -0.25) is 0 Å². The zero-order valence-corrected chi connectivity index (χ0v) is 9.40. The zero-order chi connectivity index (χ0) is 10.7. The van der Waals surface area contributed by atoms with Crippen LogP contribution in [-0.4, -0.2) is 36.6 Å². The van der Waals surface area contributed by atoms with Crippen molar-refractivity contribution in [2.45, 2.75) is 25.7 Å². The highest BCUT2D eigenvalue weighted by molar-refractivity contribution is 5.04. The highest BCUT2D eigenvalue weighted by Gasteiger charge is 2.22. The summed E-state index contributed by atoms with van der Waals surface area (Å²) in [4.78, 5) is 6.61. The molecule has 0 radical (unpaired) electrons. The summed E-state index contributed by atoms with van der Waals surface area (Å²) in [7, 11) is 2.15. The maximum absolute atomic E-state index is 5.55. The minimum Gasteiger partial charge on any atom is -0.464 e. The summed E-state index contributed by atoms with van der Waals surface area (Å²) in [5.74, 6) is 1.85. The van der Waals surface area contributed by atoms with Crippen molar-refractivity contribution in [3.63, 3.8) is 0 Å². The van der Waals surface area contributed by atoms with Crippen molar-refractivity contribution in [2.75, 3.05) is 26.7 Å². The van der Waals surface area contributed by atoms with Crippen LogP contribution in [0.2, 0.25) is 0 Å². The molecule has 2 heterocycles. The van der Waals surface area contributed by atoms with Gasteiger partial charge in [-0.2, -0.15) is 0 Å². The highest BCUT2D eigenvalue weighted by Crippen LogP contribution is 2.28. The summed E-state index contributed by atoms with van der Waals surface area (Å²) in [6.45, 7) is 4.81. The molecular weight excluding hydrogens is 192 g/mol. The maximum atomic E-state index is 5.55. The van der Waals surface area contributed by atoms with Gasteiger partial charge in [0.15, 0.2) is 0 Å². The van der Waals surface area contributed by atoms with Gasteiger partial charge in [-0.1, -0.05) is 0 Å². The van der Waals surface area contributed by atoms with E-state index < -0.39 is 0 Å². The van der Waals surface area contributed by atoms with Crippen LogP contribution < -0.4 is 4.74 Å². The minimum atomic E-state index is 0.468. The van der Waals surface area contributed by atoms with Crippen molar-refractivity contribution in [1.82, 2.24) is 9.88 Å². The van der Waals surface area contributed by atoms with Crippen LogP contribution in [0, 0.1) is 0 Å². The summed E-state index contributed by atoms with van der Waals surface area (Å²) >= 11 is 0. The van der Waals surface area contributed by atoms with Gasteiger partial charge < -0.3 is 14.1 Å². The van der Waals surface area contributed by atoms with Crippen LogP contribution in [0.4, 0.5) is 0 Å². The van der Waals surface area contributed by atoms with E-state index in [4.69, 9.17) is 9.15 Å². The lowest BCUT2D eigenvalue weighted by atomic mass is 9.97. The quantitative estimate of drug-likeness (QED) is 0.763. The Hall–Kier alpha value is -1.03. The van der Waals surface area contributed by atoms with Crippen LogP contribution in [0.5, 0.6) is 5.95 Å². The second-order valence-corrected chi connectivity index (χ2v) is 4.03. The molecule has 0 aliphatic carbocycles. The Morgan fingerprint density at radius 1 is 1.53 bits per heavy atom. The van der Waals surface area contributed by atoms with E-state index in [1.807, 2.05) is 6.92 Å². The first-order valence-electron chi connectivity index (χ1n) is 5.56. The van der Waals surface area contributed by atoms with Gasteiger partial charge in [0.05, 0.1) is 6.61 Å². The number of likely N-dealkylation sites (tertiary alicyclic amines) is 1. The van der Waals surface area contributed by atoms with Gasteiger partial charge in [-0.25, -0.2) is 4.98 Å². The average Bonchev–Trinajstić information content (AvgIpc) is 2.68. The van der Waals surface area contributed by atoms with Gasteiger partial charge in [0.25, 0.3) is 0 Å². The molecule has 0 spiro atoms. The molecule has 1 saturated heterocycles. The molecule has 0 bridgehead atoms. The third kappa shape index (κ3) is 2.50. The Morgan fingerprint density at radius 3 is 2.93 bits per heavy atom. The van der Waals surface area contributed by atoms with Crippen molar-refractivity contribution in [2.24, 2.45) is 0 Å². The van der Waals surface area contributed by atoms with Crippen molar-refractivity contribution in [1.29, 1.82) is 0 Å². The van der Waals surface area contributed by atoms with Crippen LogP contribution >= 0.6 is 0 Å². The molecule has 1 aromatic rings. The summed E-state index contributed by atoms with van der Waals surface area (Å²) < 4.78 is 10.8. The largest absolute Gasteiger partial charge is 0.464 e. The predicted molar refractivity (Wildman–Crippen MR) is 57.1 cm³/mol. The molecule has 4 nitrogen and oxygen atoms in total. The van der Waals surface area contributed by atoms with Crippen LogP contribution in [-0.2, 0) is 0 Å². The molecule has 1 fully saturated rings. The fraction of sp³-hybridized carbons (Fsp3) is 0.727. The molecule has 0 saturated carbocycles. The molecule has 0 N–H and O–H groups in total. The molecule has 0 unspecified atom stereocenters. The minimum absolute atomic E-state index is 0.468. The van der Waals surface area contributed by atoms with E-state index in [9.17, 15) is 0 Å². The number of piperidine rings is 1. The van der Waals surface area contributed by atoms with Gasteiger partial charge >= 0.3 is 5.95 Å². The molecular formula is C11H18N2O2. The molecule has 84 valence electrons. The van der Waals surface area contributed by atoms with E-state index in [-0.39, 0.29) is 0 Å². The third-order valence-electron chi connectivity index (χ3n) is 2.86. The predicted octanol–water partition coefficient (Wildman–Crippen LogP) is 1.88. The van der Waals surface area contributed by atoms with E-state index in [0.717, 1.165) is 31.8 Å². The fourth-order valence-corrected chi connectivity index (χ4v) is 1.93. The molecule has 0 amide bonds. The topological polar surface area (TPSA) is 38.5 Å². The Kier molecular flexibility index (Phi) is 3.26. The maximum Gasteiger partial charge on any atom is 0.305 e. The van der Waals surface area contributed by atoms with Crippen molar-refractivity contribution < 1.29 is 9.15 Å². The Bertz CT molecular complexity index is 303. The number of nitrogens with zero attached hydrogens (tertiary/aromatic N) is 2. The monoisotopic (exact) mass is 210 g/mol. The van der Waals surface area contributed by atoms with E-state index in [2.05, 4.69) is 16.9 Å². The van der Waals surface area contributed by atoms with Crippen LogP contribution in [0.3, 0.4) is 0 Å². The number of hydrogen-bond acceptors (Lipinski definition) is 4. The molecule has 0 atom stereocenters. The zero-order valence-electron chi connectivity index (χ0n) is 9.40. The van der Waals surface area contributed by atoms with Crippen molar-refractivity contribution in [3.05, 3.63) is 12.1 Å². The van der Waals surface area contributed by atoms with Gasteiger partial charge in [0.2, 0.25) is 5.89 Å². The SMILES string of the molecule is CCOc1cnc(C2CCN(C)CC2)o1. The molecule has 15 heavy (non-hydrogen) atoms. The lowest BCUT2D eigenvalue weighted by Gasteiger charge is -2.26. The number of ether oxygens (including phenoxy) is 1. The molecule has 4 heteroatoms. The van der Waals surface area contributed by atoms with Crippen molar-refractivity contribution in [3.8, 4) is 5.95 Å². The summed E-state index contributed by atoms with van der Waals surface area (Å²) in [5.41, 5.74) is 0. The van der Waals surface area contributed by atoms with E-state index >= 15 is 0 Å². The lowest BCUT2D eigenvalue weighted by molar-refractivity contribution is 0.214. The number of hydrogen-bond donors (Lipinski definition) is 0. The third-order valence-corrected chi connectivity index (χ3v) is 2.86. The first-order valence-corrected chi connectivity index (χ1v) is 5.56. The summed E-state index contributed by atoms with van der Waals surface area (Å²) in [5, 5.41) is 0. The summed E-state index contributed by atoms with van der Waals surface area (Å²) in [6.07, 6.45) is 3.93. The molecule has 1 aliphatic rings. The summed E-state index contributed by atoms with van der Waals surface area (Å²) in [6, 6.07) is 0. The first kappa shape index (κ1) is 10.5.